The second-order valence-electron chi connectivity index (χ2n) is 7.18. The first kappa shape index (κ1) is 20.1. The Labute approximate surface area is 179 Å². The molecule has 154 valence electrons. The number of rotatable bonds is 6. The van der Waals surface area contributed by atoms with Crippen molar-refractivity contribution in [3.05, 3.63) is 64.7 Å². The van der Waals surface area contributed by atoms with E-state index < -0.39 is 0 Å². The van der Waals surface area contributed by atoms with Crippen molar-refractivity contribution >= 4 is 28.3 Å². The highest BCUT2D eigenvalue weighted by molar-refractivity contribution is 7.13. The molecule has 4 aromatic rings. The minimum absolute atomic E-state index is 0.0507. The molecule has 1 aromatic carbocycles. The van der Waals surface area contributed by atoms with Gasteiger partial charge in [0.25, 0.3) is 5.91 Å². The summed E-state index contributed by atoms with van der Waals surface area (Å²) in [7, 11) is 3.68. The van der Waals surface area contributed by atoms with E-state index in [1.54, 1.807) is 20.9 Å². The Balaban J connectivity index is 1.69. The number of nitrogens with zero attached hydrogens (tertiary/aromatic N) is 4. The number of aromatic nitrogens is 3. The second kappa shape index (κ2) is 8.28. The fourth-order valence-electron chi connectivity index (χ4n) is 3.57. The van der Waals surface area contributed by atoms with Gasteiger partial charge in [-0.05, 0) is 49.1 Å². The number of aryl methyl sites for hydroxylation is 2. The summed E-state index contributed by atoms with van der Waals surface area (Å²) in [6.45, 7) is 5.01. The van der Waals surface area contributed by atoms with Gasteiger partial charge in [0.1, 0.15) is 5.75 Å². The van der Waals surface area contributed by atoms with Crippen LogP contribution in [0.4, 0.5) is 0 Å². The first-order valence-electron chi connectivity index (χ1n) is 9.83. The third-order valence-corrected chi connectivity index (χ3v) is 5.87. The first-order valence-corrected chi connectivity index (χ1v) is 10.7. The van der Waals surface area contributed by atoms with E-state index in [9.17, 15) is 4.79 Å². The molecule has 0 fully saturated rings. The van der Waals surface area contributed by atoms with Gasteiger partial charge in [0.15, 0.2) is 5.65 Å². The maximum atomic E-state index is 13.5. The monoisotopic (exact) mass is 420 g/mol. The number of fused-ring (bicyclic) bond motifs is 1. The van der Waals surface area contributed by atoms with E-state index in [-0.39, 0.29) is 5.91 Å². The van der Waals surface area contributed by atoms with Gasteiger partial charge in [-0.15, -0.1) is 11.3 Å². The average Bonchev–Trinajstić information content (AvgIpc) is 3.37. The number of ether oxygens (including phenoxy) is 1. The highest BCUT2D eigenvalue weighted by Gasteiger charge is 2.22. The van der Waals surface area contributed by atoms with Crippen molar-refractivity contribution in [2.75, 3.05) is 13.7 Å². The number of pyridine rings is 1. The molecule has 0 aliphatic carbocycles. The molecule has 0 saturated heterocycles. The molecule has 7 heteroatoms. The second-order valence-corrected chi connectivity index (χ2v) is 8.13. The Morgan fingerprint density at radius 3 is 2.67 bits per heavy atom. The normalized spacial score (nSPS) is 11.1. The van der Waals surface area contributed by atoms with Crippen molar-refractivity contribution in [2.45, 2.75) is 20.4 Å². The average molecular weight is 421 g/mol. The van der Waals surface area contributed by atoms with E-state index in [1.165, 1.54) is 0 Å². The van der Waals surface area contributed by atoms with Gasteiger partial charge in [-0.1, -0.05) is 18.2 Å². The number of benzene rings is 1. The van der Waals surface area contributed by atoms with Gasteiger partial charge in [0.2, 0.25) is 0 Å². The molecular formula is C23H24N4O2S. The fourth-order valence-corrected chi connectivity index (χ4v) is 4.26. The van der Waals surface area contributed by atoms with Gasteiger partial charge >= 0.3 is 0 Å². The quantitative estimate of drug-likeness (QED) is 0.455. The molecule has 0 aliphatic rings. The summed E-state index contributed by atoms with van der Waals surface area (Å²) in [6.07, 6.45) is 0. The summed E-state index contributed by atoms with van der Waals surface area (Å²) in [6, 6.07) is 13.7. The highest BCUT2D eigenvalue weighted by atomic mass is 32.1. The Morgan fingerprint density at radius 1 is 1.23 bits per heavy atom. The van der Waals surface area contributed by atoms with E-state index in [0.29, 0.717) is 18.7 Å². The number of amides is 1. The van der Waals surface area contributed by atoms with Crippen LogP contribution in [-0.4, -0.2) is 39.2 Å². The van der Waals surface area contributed by atoms with Crippen LogP contribution < -0.4 is 4.74 Å². The van der Waals surface area contributed by atoms with Crippen molar-refractivity contribution in [3.63, 3.8) is 0 Å². The molecule has 0 spiro atoms. The van der Waals surface area contributed by atoms with E-state index in [2.05, 4.69) is 5.10 Å². The smallest absolute Gasteiger partial charge is 0.254 e. The molecule has 4 rings (SSSR count). The fraction of sp³-hybridized carbons (Fsp3) is 0.261. The number of carbonyl (C=O) groups excluding carboxylic acids is 1. The Bertz CT molecular complexity index is 1180. The van der Waals surface area contributed by atoms with Crippen LogP contribution in [-0.2, 0) is 13.6 Å². The standard InChI is InChI=1S/C23H24N4O2S/c1-5-29-17-10-8-16(9-11-17)14-26(3)23(28)18-13-19(20-7-6-12-30-20)24-22-21(18)15(2)25-27(22)4/h6-13H,5,14H2,1-4H3. The maximum absolute atomic E-state index is 13.5. The molecule has 0 unspecified atom stereocenters. The maximum Gasteiger partial charge on any atom is 0.254 e. The lowest BCUT2D eigenvalue weighted by molar-refractivity contribution is 0.0787. The lowest BCUT2D eigenvalue weighted by Crippen LogP contribution is -2.26. The van der Waals surface area contributed by atoms with Crippen LogP contribution in [0.2, 0.25) is 0 Å². The SMILES string of the molecule is CCOc1ccc(CN(C)C(=O)c2cc(-c3cccs3)nc3c2c(C)nn3C)cc1. The third kappa shape index (κ3) is 3.80. The lowest BCUT2D eigenvalue weighted by Gasteiger charge is -2.19. The zero-order chi connectivity index (χ0) is 21.3. The highest BCUT2D eigenvalue weighted by Crippen LogP contribution is 2.30. The number of thiophene rings is 1. The summed E-state index contributed by atoms with van der Waals surface area (Å²) in [5.41, 5.74) is 3.98. The molecular weight excluding hydrogens is 396 g/mol. The van der Waals surface area contributed by atoms with Gasteiger partial charge in [-0.3, -0.25) is 9.48 Å². The van der Waals surface area contributed by atoms with Gasteiger partial charge in [-0.25, -0.2) is 4.98 Å². The van der Waals surface area contributed by atoms with E-state index in [4.69, 9.17) is 9.72 Å². The molecule has 3 aromatic heterocycles. The van der Waals surface area contributed by atoms with Crippen LogP contribution in [0.15, 0.2) is 47.8 Å². The van der Waals surface area contributed by atoms with E-state index in [1.807, 2.05) is 75.8 Å². The number of hydrogen-bond donors (Lipinski definition) is 0. The summed E-state index contributed by atoms with van der Waals surface area (Å²) in [5, 5.41) is 7.32. The molecule has 0 N–H and O–H groups in total. The van der Waals surface area contributed by atoms with Gasteiger partial charge < -0.3 is 9.64 Å². The molecule has 30 heavy (non-hydrogen) atoms. The largest absolute Gasteiger partial charge is 0.494 e. The molecule has 3 heterocycles. The lowest BCUT2D eigenvalue weighted by atomic mass is 10.1. The topological polar surface area (TPSA) is 60.2 Å². The van der Waals surface area contributed by atoms with Crippen molar-refractivity contribution in [1.82, 2.24) is 19.7 Å². The van der Waals surface area contributed by atoms with E-state index in [0.717, 1.165) is 38.6 Å². The van der Waals surface area contributed by atoms with Crippen LogP contribution in [0.3, 0.4) is 0 Å². The van der Waals surface area contributed by atoms with Crippen LogP contribution in [0.5, 0.6) is 5.75 Å². The van der Waals surface area contributed by atoms with Crippen LogP contribution in [0, 0.1) is 6.92 Å². The molecule has 0 aliphatic heterocycles. The van der Waals surface area contributed by atoms with Crippen molar-refractivity contribution < 1.29 is 9.53 Å². The van der Waals surface area contributed by atoms with Gasteiger partial charge in [-0.2, -0.15) is 5.10 Å². The summed E-state index contributed by atoms with van der Waals surface area (Å²) in [5.74, 6) is 0.780. The zero-order valence-corrected chi connectivity index (χ0v) is 18.4. The summed E-state index contributed by atoms with van der Waals surface area (Å²) >= 11 is 1.61. The van der Waals surface area contributed by atoms with Crippen molar-refractivity contribution in [1.29, 1.82) is 0 Å². The third-order valence-electron chi connectivity index (χ3n) is 4.97. The number of hydrogen-bond acceptors (Lipinski definition) is 5. The minimum atomic E-state index is -0.0507. The van der Waals surface area contributed by atoms with Crippen molar-refractivity contribution in [2.24, 2.45) is 7.05 Å². The first-order chi connectivity index (χ1) is 14.5. The number of carbonyl (C=O) groups is 1. The molecule has 0 atom stereocenters. The predicted molar refractivity (Wildman–Crippen MR) is 120 cm³/mol. The van der Waals surface area contributed by atoms with Gasteiger partial charge in [0, 0.05) is 20.6 Å². The van der Waals surface area contributed by atoms with Crippen LogP contribution in [0.1, 0.15) is 28.5 Å². The zero-order valence-electron chi connectivity index (χ0n) is 17.5. The summed E-state index contributed by atoms with van der Waals surface area (Å²) < 4.78 is 7.24. The Morgan fingerprint density at radius 2 is 2.00 bits per heavy atom. The molecule has 1 amide bonds. The molecule has 0 saturated carbocycles. The molecule has 6 nitrogen and oxygen atoms in total. The predicted octanol–water partition coefficient (Wildman–Crippen LogP) is 4.68. The van der Waals surface area contributed by atoms with Crippen LogP contribution in [0.25, 0.3) is 21.6 Å². The summed E-state index contributed by atoms with van der Waals surface area (Å²) in [4.78, 5) is 21.0. The molecule has 0 radical (unpaired) electrons. The molecule has 0 bridgehead atoms. The Hall–Kier alpha value is -3.19. The van der Waals surface area contributed by atoms with Crippen LogP contribution >= 0.6 is 11.3 Å². The minimum Gasteiger partial charge on any atom is -0.494 e. The Kier molecular flexibility index (Phi) is 5.55. The van der Waals surface area contributed by atoms with Crippen molar-refractivity contribution in [3.8, 4) is 16.3 Å². The van der Waals surface area contributed by atoms with E-state index >= 15 is 0 Å². The van der Waals surface area contributed by atoms with Gasteiger partial charge in [0.05, 0.1) is 33.8 Å².